The number of ether oxygens (including phenoxy) is 1. The first-order valence-corrected chi connectivity index (χ1v) is 4.41. The Kier molecular flexibility index (Phi) is 6.84. The summed E-state index contributed by atoms with van der Waals surface area (Å²) in [5.74, 6) is -0.116. The van der Waals surface area contributed by atoms with Crippen molar-refractivity contribution >= 4 is 17.7 Å². The van der Waals surface area contributed by atoms with E-state index in [0.29, 0.717) is 5.75 Å². The van der Waals surface area contributed by atoms with Gasteiger partial charge in [0.1, 0.15) is 6.61 Å². The molecule has 0 spiro atoms. The maximum Gasteiger partial charge on any atom is 0.344 e. The van der Waals surface area contributed by atoms with Crippen LogP contribution in [0.25, 0.3) is 0 Å². The molecule has 0 heterocycles. The Morgan fingerprint density at radius 2 is 2.08 bits per heavy atom. The number of thioether (sulfide) groups is 1. The van der Waals surface area contributed by atoms with Crippen molar-refractivity contribution in [3.63, 3.8) is 0 Å². The molecule has 0 aromatic heterocycles. The van der Waals surface area contributed by atoms with Gasteiger partial charge in [-0.3, -0.25) is 0 Å². The summed E-state index contributed by atoms with van der Waals surface area (Å²) in [5.41, 5.74) is 0. The van der Waals surface area contributed by atoms with Gasteiger partial charge in [-0.1, -0.05) is 6.58 Å². The van der Waals surface area contributed by atoms with Crippen LogP contribution in [0.5, 0.6) is 0 Å². The van der Waals surface area contributed by atoms with Crippen LogP contribution in [-0.4, -0.2) is 41.8 Å². The normalized spacial score (nSPS) is 9.50. The van der Waals surface area contributed by atoms with Gasteiger partial charge in [-0.25, -0.2) is 4.79 Å². The lowest BCUT2D eigenvalue weighted by atomic mass is 10.6. The Bertz CT molecular complexity index is 139. The Hall–Kier alpha value is -0.520. The van der Waals surface area contributed by atoms with Crippen LogP contribution in [0.15, 0.2) is 11.5 Å². The molecular formula is C7H12O4S. The third-order valence-electron chi connectivity index (χ3n) is 0.920. The molecule has 0 fully saturated rings. The fraction of sp³-hybridized carbons (Fsp3) is 0.571. The molecule has 4 nitrogen and oxygen atoms in total. The maximum absolute atomic E-state index is 10.9. The molecule has 12 heavy (non-hydrogen) atoms. The van der Waals surface area contributed by atoms with Gasteiger partial charge >= 0.3 is 5.97 Å². The second kappa shape index (κ2) is 7.15. The van der Waals surface area contributed by atoms with Gasteiger partial charge in [0.2, 0.25) is 0 Å². The lowest BCUT2D eigenvalue weighted by molar-refractivity contribution is -0.139. The second-order valence-corrected chi connectivity index (χ2v) is 3.04. The largest absolute Gasteiger partial charge is 0.459 e. The van der Waals surface area contributed by atoms with Gasteiger partial charge < -0.3 is 14.9 Å². The van der Waals surface area contributed by atoms with Crippen LogP contribution in [0.2, 0.25) is 0 Å². The van der Waals surface area contributed by atoms with Gasteiger partial charge in [-0.15, -0.1) is 11.8 Å². The molecule has 0 atom stereocenters. The summed E-state index contributed by atoms with van der Waals surface area (Å²) in [6.45, 7) is 3.23. The highest BCUT2D eigenvalue weighted by molar-refractivity contribution is 8.03. The van der Waals surface area contributed by atoms with Crippen molar-refractivity contribution in [2.45, 2.75) is 0 Å². The molecule has 0 unspecified atom stereocenters. The van der Waals surface area contributed by atoms with Crippen LogP contribution >= 0.6 is 11.8 Å². The molecule has 0 rings (SSSR count). The van der Waals surface area contributed by atoms with Crippen LogP contribution in [0, 0.1) is 0 Å². The third-order valence-corrected chi connectivity index (χ3v) is 1.82. The number of hydrogen-bond acceptors (Lipinski definition) is 5. The predicted octanol–water partition coefficient (Wildman–Crippen LogP) is -0.239. The Morgan fingerprint density at radius 3 is 2.58 bits per heavy atom. The van der Waals surface area contributed by atoms with Gasteiger partial charge in [-0.05, 0) is 0 Å². The first-order chi connectivity index (χ1) is 5.72. The van der Waals surface area contributed by atoms with E-state index in [2.05, 4.69) is 11.3 Å². The Morgan fingerprint density at radius 1 is 1.42 bits per heavy atom. The fourth-order valence-corrected chi connectivity index (χ4v) is 0.961. The number of carbonyl (C=O) groups excluding carboxylic acids is 1. The smallest absolute Gasteiger partial charge is 0.344 e. The highest BCUT2D eigenvalue weighted by atomic mass is 32.2. The number of esters is 1. The van der Waals surface area contributed by atoms with Gasteiger partial charge in [0.05, 0.1) is 18.1 Å². The number of hydrogen-bond donors (Lipinski definition) is 2. The van der Waals surface area contributed by atoms with E-state index >= 15 is 0 Å². The van der Waals surface area contributed by atoms with Crippen molar-refractivity contribution in [2.24, 2.45) is 0 Å². The van der Waals surface area contributed by atoms with Gasteiger partial charge in [0.15, 0.2) is 0 Å². The molecule has 0 aromatic carbocycles. The standard InChI is InChI=1S/C7H12O4S/c1-6(12-5-3-9)7(10)11-4-2-8/h8-9H,1-5H2. The second-order valence-electron chi connectivity index (χ2n) is 1.85. The average molecular weight is 192 g/mol. The van der Waals surface area contributed by atoms with E-state index < -0.39 is 5.97 Å². The zero-order valence-corrected chi connectivity index (χ0v) is 7.47. The summed E-state index contributed by atoms with van der Waals surface area (Å²) >= 11 is 1.13. The van der Waals surface area contributed by atoms with Crippen molar-refractivity contribution in [1.82, 2.24) is 0 Å². The molecule has 70 valence electrons. The van der Waals surface area contributed by atoms with Crippen LogP contribution in [0.4, 0.5) is 0 Å². The highest BCUT2D eigenvalue weighted by Crippen LogP contribution is 2.13. The summed E-state index contributed by atoms with van der Waals surface area (Å²) in [5, 5.41) is 16.7. The Labute approximate surface area is 75.2 Å². The summed E-state index contributed by atoms with van der Waals surface area (Å²) in [4.78, 5) is 11.1. The van der Waals surface area contributed by atoms with E-state index in [9.17, 15) is 4.79 Å². The summed E-state index contributed by atoms with van der Waals surface area (Å²) in [6, 6.07) is 0. The predicted molar refractivity (Wildman–Crippen MR) is 46.7 cm³/mol. The molecular weight excluding hydrogens is 180 g/mol. The first-order valence-electron chi connectivity index (χ1n) is 3.43. The van der Waals surface area contributed by atoms with Crippen LogP contribution in [0.1, 0.15) is 0 Å². The minimum absolute atomic E-state index is 0.00301. The topological polar surface area (TPSA) is 66.8 Å². The van der Waals surface area contributed by atoms with Gasteiger partial charge in [-0.2, -0.15) is 0 Å². The number of rotatable bonds is 6. The zero-order valence-electron chi connectivity index (χ0n) is 6.65. The molecule has 0 amide bonds. The quantitative estimate of drug-likeness (QED) is 0.449. The van der Waals surface area contributed by atoms with Crippen molar-refractivity contribution in [3.8, 4) is 0 Å². The van der Waals surface area contributed by atoms with Gasteiger partial charge in [0.25, 0.3) is 0 Å². The average Bonchev–Trinajstić information content (AvgIpc) is 2.10. The van der Waals surface area contributed by atoms with E-state index in [1.807, 2.05) is 0 Å². The number of aliphatic hydroxyl groups is 2. The third kappa shape index (κ3) is 5.17. The SMILES string of the molecule is C=C(SCCO)C(=O)OCCO. The summed E-state index contributed by atoms with van der Waals surface area (Å²) in [7, 11) is 0. The molecule has 0 saturated heterocycles. The monoisotopic (exact) mass is 192 g/mol. The lowest BCUT2D eigenvalue weighted by Crippen LogP contribution is -2.09. The van der Waals surface area contributed by atoms with E-state index in [1.54, 1.807) is 0 Å². The molecule has 0 saturated carbocycles. The molecule has 0 radical (unpaired) electrons. The number of aliphatic hydroxyl groups excluding tert-OH is 2. The zero-order chi connectivity index (χ0) is 9.40. The van der Waals surface area contributed by atoms with Crippen LogP contribution in [-0.2, 0) is 9.53 Å². The van der Waals surface area contributed by atoms with Crippen molar-refractivity contribution in [1.29, 1.82) is 0 Å². The molecule has 0 bridgehead atoms. The van der Waals surface area contributed by atoms with E-state index in [4.69, 9.17) is 10.2 Å². The van der Waals surface area contributed by atoms with Crippen LogP contribution < -0.4 is 0 Å². The number of carbonyl (C=O) groups is 1. The minimum Gasteiger partial charge on any atom is -0.459 e. The van der Waals surface area contributed by atoms with E-state index in [0.717, 1.165) is 11.8 Å². The van der Waals surface area contributed by atoms with E-state index in [1.165, 1.54) is 0 Å². The summed E-state index contributed by atoms with van der Waals surface area (Å²) in [6.07, 6.45) is 0. The van der Waals surface area contributed by atoms with Crippen LogP contribution in [0.3, 0.4) is 0 Å². The van der Waals surface area contributed by atoms with Crippen molar-refractivity contribution in [3.05, 3.63) is 11.5 Å². The molecule has 0 aromatic rings. The molecule has 2 N–H and O–H groups in total. The fourth-order valence-electron chi connectivity index (χ4n) is 0.447. The van der Waals surface area contributed by atoms with E-state index in [-0.39, 0.29) is 24.7 Å². The van der Waals surface area contributed by atoms with Crippen molar-refractivity contribution < 1.29 is 19.7 Å². The minimum atomic E-state index is -0.539. The maximum atomic E-state index is 10.9. The summed E-state index contributed by atoms with van der Waals surface area (Å²) < 4.78 is 4.56. The molecule has 0 aliphatic heterocycles. The molecule has 5 heteroatoms. The lowest BCUT2D eigenvalue weighted by Gasteiger charge is -2.03. The molecule has 0 aliphatic carbocycles. The van der Waals surface area contributed by atoms with Crippen molar-refractivity contribution in [2.75, 3.05) is 25.6 Å². The molecule has 0 aliphatic rings. The van der Waals surface area contributed by atoms with Gasteiger partial charge in [0, 0.05) is 5.75 Å². The Balaban J connectivity index is 3.55. The first kappa shape index (κ1) is 11.5. The highest BCUT2D eigenvalue weighted by Gasteiger charge is 2.07.